The fourth-order valence-corrected chi connectivity index (χ4v) is 2.18. The van der Waals surface area contributed by atoms with Gasteiger partial charge in [0, 0.05) is 26.3 Å². The van der Waals surface area contributed by atoms with Gasteiger partial charge in [0.15, 0.2) is 0 Å². The molecule has 0 aliphatic heterocycles. The number of hydrogen-bond acceptors (Lipinski definition) is 3. The fraction of sp³-hybridized carbons (Fsp3) is 1.00. The van der Waals surface area contributed by atoms with Crippen molar-refractivity contribution in [3.63, 3.8) is 0 Å². The SMILES string of the molecule is COCCCN(C)C1CCCC(O)C1. The first-order chi connectivity index (χ1) is 6.74. The molecule has 1 aliphatic carbocycles. The molecule has 1 saturated carbocycles. The van der Waals surface area contributed by atoms with Crippen LogP contribution in [0.4, 0.5) is 0 Å². The topological polar surface area (TPSA) is 32.7 Å². The van der Waals surface area contributed by atoms with Gasteiger partial charge in [-0.05, 0) is 39.2 Å². The van der Waals surface area contributed by atoms with Crippen molar-refractivity contribution in [2.24, 2.45) is 0 Å². The lowest BCUT2D eigenvalue weighted by molar-refractivity contribution is 0.0687. The molecule has 1 fully saturated rings. The van der Waals surface area contributed by atoms with Crippen molar-refractivity contribution in [3.05, 3.63) is 0 Å². The van der Waals surface area contributed by atoms with Gasteiger partial charge in [0.2, 0.25) is 0 Å². The Morgan fingerprint density at radius 1 is 1.43 bits per heavy atom. The molecule has 2 unspecified atom stereocenters. The predicted molar refractivity (Wildman–Crippen MR) is 57.4 cm³/mol. The molecule has 0 amide bonds. The van der Waals surface area contributed by atoms with E-state index < -0.39 is 0 Å². The first-order valence-electron chi connectivity index (χ1n) is 5.61. The van der Waals surface area contributed by atoms with E-state index in [4.69, 9.17) is 4.74 Å². The normalized spacial score (nSPS) is 28.3. The molecule has 0 heterocycles. The number of aliphatic hydroxyl groups excluding tert-OH is 1. The van der Waals surface area contributed by atoms with Gasteiger partial charge in [-0.3, -0.25) is 0 Å². The van der Waals surface area contributed by atoms with Gasteiger partial charge in [-0.1, -0.05) is 0 Å². The Morgan fingerprint density at radius 3 is 2.86 bits per heavy atom. The number of ether oxygens (including phenoxy) is 1. The van der Waals surface area contributed by atoms with Crippen LogP contribution in [-0.4, -0.2) is 49.5 Å². The lowest BCUT2D eigenvalue weighted by Crippen LogP contribution is -2.38. The van der Waals surface area contributed by atoms with E-state index in [-0.39, 0.29) is 6.10 Å². The summed E-state index contributed by atoms with van der Waals surface area (Å²) in [6, 6.07) is 0.579. The average molecular weight is 201 g/mol. The standard InChI is InChI=1S/C11H23NO2/c1-12(7-4-8-14-2)10-5-3-6-11(13)9-10/h10-11,13H,3-9H2,1-2H3. The van der Waals surface area contributed by atoms with Gasteiger partial charge < -0.3 is 14.7 Å². The zero-order valence-electron chi connectivity index (χ0n) is 9.41. The van der Waals surface area contributed by atoms with Gasteiger partial charge in [0.1, 0.15) is 0 Å². The Balaban J connectivity index is 2.18. The third-order valence-corrected chi connectivity index (χ3v) is 3.10. The Hall–Kier alpha value is -0.120. The van der Waals surface area contributed by atoms with Gasteiger partial charge >= 0.3 is 0 Å². The van der Waals surface area contributed by atoms with Gasteiger partial charge in [-0.25, -0.2) is 0 Å². The van der Waals surface area contributed by atoms with Crippen molar-refractivity contribution in [2.75, 3.05) is 27.3 Å². The van der Waals surface area contributed by atoms with Crippen molar-refractivity contribution in [2.45, 2.75) is 44.2 Å². The maximum Gasteiger partial charge on any atom is 0.0555 e. The molecule has 0 spiro atoms. The van der Waals surface area contributed by atoms with Gasteiger partial charge in [0.25, 0.3) is 0 Å². The maximum absolute atomic E-state index is 9.55. The summed E-state index contributed by atoms with van der Waals surface area (Å²) in [6.07, 6.45) is 5.35. The van der Waals surface area contributed by atoms with E-state index >= 15 is 0 Å². The largest absolute Gasteiger partial charge is 0.393 e. The smallest absolute Gasteiger partial charge is 0.0555 e. The molecule has 3 nitrogen and oxygen atoms in total. The molecule has 84 valence electrons. The summed E-state index contributed by atoms with van der Waals surface area (Å²) in [7, 11) is 3.89. The molecule has 1 rings (SSSR count). The first kappa shape index (κ1) is 12.0. The highest BCUT2D eigenvalue weighted by Crippen LogP contribution is 2.22. The van der Waals surface area contributed by atoms with Gasteiger partial charge in [-0.2, -0.15) is 0 Å². The predicted octanol–water partition coefficient (Wildman–Crippen LogP) is 1.26. The van der Waals surface area contributed by atoms with Crippen LogP contribution in [0.25, 0.3) is 0 Å². The summed E-state index contributed by atoms with van der Waals surface area (Å²) in [6.45, 7) is 1.91. The monoisotopic (exact) mass is 201 g/mol. The van der Waals surface area contributed by atoms with Crippen LogP contribution in [0.1, 0.15) is 32.1 Å². The van der Waals surface area contributed by atoms with Crippen molar-refractivity contribution in [3.8, 4) is 0 Å². The van der Waals surface area contributed by atoms with Crippen LogP contribution < -0.4 is 0 Å². The van der Waals surface area contributed by atoms with Crippen LogP contribution in [0, 0.1) is 0 Å². The number of nitrogens with zero attached hydrogens (tertiary/aromatic N) is 1. The zero-order valence-corrected chi connectivity index (χ0v) is 9.41. The average Bonchev–Trinajstić information content (AvgIpc) is 2.18. The van der Waals surface area contributed by atoms with Crippen molar-refractivity contribution in [1.29, 1.82) is 0 Å². The van der Waals surface area contributed by atoms with Crippen LogP contribution in [0.5, 0.6) is 0 Å². The summed E-state index contributed by atoms with van der Waals surface area (Å²) >= 11 is 0. The number of aliphatic hydroxyl groups is 1. The molecule has 0 aromatic rings. The third-order valence-electron chi connectivity index (χ3n) is 3.10. The van der Waals surface area contributed by atoms with E-state index in [1.165, 1.54) is 12.8 Å². The van der Waals surface area contributed by atoms with Crippen molar-refractivity contribution in [1.82, 2.24) is 4.90 Å². The molecular weight excluding hydrogens is 178 g/mol. The summed E-state index contributed by atoms with van der Waals surface area (Å²) in [5.74, 6) is 0. The van der Waals surface area contributed by atoms with Crippen LogP contribution in [-0.2, 0) is 4.74 Å². The highest BCUT2D eigenvalue weighted by molar-refractivity contribution is 4.78. The maximum atomic E-state index is 9.55. The summed E-state index contributed by atoms with van der Waals surface area (Å²) < 4.78 is 5.02. The van der Waals surface area contributed by atoms with Crippen LogP contribution in [0.3, 0.4) is 0 Å². The molecule has 14 heavy (non-hydrogen) atoms. The van der Waals surface area contributed by atoms with Crippen molar-refractivity contribution < 1.29 is 9.84 Å². The zero-order chi connectivity index (χ0) is 10.4. The molecule has 0 radical (unpaired) electrons. The molecule has 0 saturated heterocycles. The van der Waals surface area contributed by atoms with E-state index in [1.54, 1.807) is 7.11 Å². The number of methoxy groups -OCH3 is 1. The Kier molecular flexibility index (Phi) is 5.45. The second kappa shape index (κ2) is 6.38. The number of rotatable bonds is 5. The van der Waals surface area contributed by atoms with Gasteiger partial charge in [0.05, 0.1) is 6.10 Å². The highest BCUT2D eigenvalue weighted by Gasteiger charge is 2.22. The van der Waals surface area contributed by atoms with E-state index in [0.29, 0.717) is 6.04 Å². The highest BCUT2D eigenvalue weighted by atomic mass is 16.5. The van der Waals surface area contributed by atoms with Crippen LogP contribution in [0.15, 0.2) is 0 Å². The van der Waals surface area contributed by atoms with E-state index in [9.17, 15) is 5.11 Å². The quantitative estimate of drug-likeness (QED) is 0.680. The minimum absolute atomic E-state index is 0.0707. The molecule has 0 aromatic carbocycles. The minimum Gasteiger partial charge on any atom is -0.393 e. The van der Waals surface area contributed by atoms with Gasteiger partial charge in [-0.15, -0.1) is 0 Å². The lowest BCUT2D eigenvalue weighted by atomic mass is 9.92. The second-order valence-corrected chi connectivity index (χ2v) is 4.30. The van der Waals surface area contributed by atoms with Crippen LogP contribution >= 0.6 is 0 Å². The second-order valence-electron chi connectivity index (χ2n) is 4.30. The minimum atomic E-state index is -0.0707. The summed E-state index contributed by atoms with van der Waals surface area (Å²) in [5.41, 5.74) is 0. The Morgan fingerprint density at radius 2 is 2.21 bits per heavy atom. The summed E-state index contributed by atoms with van der Waals surface area (Å²) in [5, 5.41) is 9.55. The Labute approximate surface area is 87.1 Å². The molecule has 0 bridgehead atoms. The lowest BCUT2D eigenvalue weighted by Gasteiger charge is -2.33. The van der Waals surface area contributed by atoms with E-state index in [1.807, 2.05) is 0 Å². The fourth-order valence-electron chi connectivity index (χ4n) is 2.18. The molecule has 1 N–H and O–H groups in total. The van der Waals surface area contributed by atoms with E-state index in [2.05, 4.69) is 11.9 Å². The van der Waals surface area contributed by atoms with Crippen LogP contribution in [0.2, 0.25) is 0 Å². The first-order valence-corrected chi connectivity index (χ1v) is 5.61. The Bertz CT molecular complexity index is 152. The molecule has 3 heteroatoms. The molecule has 0 aromatic heterocycles. The number of hydrogen-bond donors (Lipinski definition) is 1. The third kappa shape index (κ3) is 3.95. The molecule has 2 atom stereocenters. The van der Waals surface area contributed by atoms with Crippen molar-refractivity contribution >= 4 is 0 Å². The summed E-state index contributed by atoms with van der Waals surface area (Å²) in [4.78, 5) is 2.36. The molecule has 1 aliphatic rings. The van der Waals surface area contributed by atoms with E-state index in [0.717, 1.165) is 32.4 Å². The molecular formula is C11H23NO2.